The number of aryl methyl sites for hydroxylation is 1. The van der Waals surface area contributed by atoms with Crippen molar-refractivity contribution >= 4 is 12.1 Å². The molecule has 0 aliphatic carbocycles. The maximum Gasteiger partial charge on any atom is 0.409 e. The highest BCUT2D eigenvalue weighted by molar-refractivity contribution is 5.80. The summed E-state index contributed by atoms with van der Waals surface area (Å²) in [7, 11) is 1.43. The molecule has 6 heteroatoms. The van der Waals surface area contributed by atoms with E-state index in [1.54, 1.807) is 4.90 Å². The second kappa shape index (κ2) is 9.91. The van der Waals surface area contributed by atoms with E-state index in [2.05, 4.69) is 53.7 Å². The molecular weight excluding hydrogens is 316 g/mol. The van der Waals surface area contributed by atoms with Crippen molar-refractivity contribution in [1.82, 2.24) is 15.5 Å². The molecule has 1 aliphatic rings. The van der Waals surface area contributed by atoms with Gasteiger partial charge in [0.15, 0.2) is 5.96 Å². The van der Waals surface area contributed by atoms with Crippen LogP contribution >= 0.6 is 0 Å². The summed E-state index contributed by atoms with van der Waals surface area (Å²) >= 11 is 0. The van der Waals surface area contributed by atoms with Gasteiger partial charge in [0.25, 0.3) is 0 Å². The van der Waals surface area contributed by atoms with Crippen LogP contribution in [0, 0.1) is 6.92 Å². The molecule has 6 nitrogen and oxygen atoms in total. The normalized spacial score (nSPS) is 15.8. The van der Waals surface area contributed by atoms with Gasteiger partial charge in [-0.25, -0.2) is 4.79 Å². The highest BCUT2D eigenvalue weighted by atomic mass is 16.5. The second-order valence-corrected chi connectivity index (χ2v) is 6.37. The number of carbonyl (C=O) groups excluding carboxylic acids is 1. The number of ether oxygens (including phenoxy) is 1. The van der Waals surface area contributed by atoms with Crippen molar-refractivity contribution in [3.05, 3.63) is 35.4 Å². The maximum absolute atomic E-state index is 11.5. The van der Waals surface area contributed by atoms with Gasteiger partial charge in [0, 0.05) is 32.2 Å². The lowest BCUT2D eigenvalue weighted by molar-refractivity contribution is 0.111. The van der Waals surface area contributed by atoms with Gasteiger partial charge in [-0.2, -0.15) is 0 Å². The van der Waals surface area contributed by atoms with Gasteiger partial charge in [-0.3, -0.25) is 4.99 Å². The standard InChI is InChI=1S/C19H30N4O2/c1-4-20-18(21-12-9-16-7-5-15(2)6-8-16)22-17-10-13-23(14-11-17)19(24)25-3/h5-8,17H,4,9-14H2,1-3H3,(H2,20,21,22). The zero-order valence-electron chi connectivity index (χ0n) is 15.5. The van der Waals surface area contributed by atoms with Crippen LogP contribution in [0.15, 0.2) is 29.3 Å². The first-order valence-corrected chi connectivity index (χ1v) is 9.05. The molecule has 1 amide bonds. The molecule has 0 spiro atoms. The fourth-order valence-electron chi connectivity index (χ4n) is 2.90. The first-order chi connectivity index (χ1) is 12.1. The minimum atomic E-state index is -0.239. The number of nitrogens with one attached hydrogen (secondary N) is 2. The molecule has 0 radical (unpaired) electrons. The number of hydrogen-bond acceptors (Lipinski definition) is 3. The van der Waals surface area contributed by atoms with Crippen molar-refractivity contribution < 1.29 is 9.53 Å². The molecule has 1 aromatic carbocycles. The lowest BCUT2D eigenvalue weighted by atomic mass is 10.1. The molecule has 0 bridgehead atoms. The number of nitrogens with zero attached hydrogens (tertiary/aromatic N) is 2. The van der Waals surface area contributed by atoms with Gasteiger partial charge in [-0.05, 0) is 38.7 Å². The zero-order chi connectivity index (χ0) is 18.1. The third-order valence-corrected chi connectivity index (χ3v) is 4.40. The Morgan fingerprint density at radius 2 is 1.96 bits per heavy atom. The monoisotopic (exact) mass is 346 g/mol. The Bertz CT molecular complexity index is 563. The molecule has 1 aliphatic heterocycles. The molecule has 25 heavy (non-hydrogen) atoms. The van der Waals surface area contributed by atoms with E-state index in [1.165, 1.54) is 18.2 Å². The maximum atomic E-state index is 11.5. The first kappa shape index (κ1) is 19.1. The summed E-state index contributed by atoms with van der Waals surface area (Å²) in [6.45, 7) is 7.18. The Kier molecular flexibility index (Phi) is 7.57. The molecule has 2 N–H and O–H groups in total. The number of rotatable bonds is 5. The predicted octanol–water partition coefficient (Wildman–Crippen LogP) is 2.32. The minimum Gasteiger partial charge on any atom is -0.453 e. The Morgan fingerprint density at radius 3 is 2.56 bits per heavy atom. The van der Waals surface area contributed by atoms with Gasteiger partial charge >= 0.3 is 6.09 Å². The molecule has 0 saturated carbocycles. The van der Waals surface area contributed by atoms with Crippen LogP contribution in [-0.2, 0) is 11.2 Å². The molecule has 0 unspecified atom stereocenters. The summed E-state index contributed by atoms with van der Waals surface area (Å²) in [6.07, 6.45) is 2.49. The number of guanidine groups is 1. The van der Waals surface area contributed by atoms with Crippen LogP contribution in [0.4, 0.5) is 4.79 Å². The Hall–Kier alpha value is -2.24. The molecule has 0 aromatic heterocycles. The Labute approximate surface area is 150 Å². The number of carbonyl (C=O) groups is 1. The third-order valence-electron chi connectivity index (χ3n) is 4.40. The van der Waals surface area contributed by atoms with Crippen molar-refractivity contribution in [2.45, 2.75) is 39.2 Å². The summed E-state index contributed by atoms with van der Waals surface area (Å²) in [6, 6.07) is 8.93. The Morgan fingerprint density at radius 1 is 1.28 bits per heavy atom. The molecule has 1 heterocycles. The molecule has 1 aromatic rings. The number of methoxy groups -OCH3 is 1. The average Bonchev–Trinajstić information content (AvgIpc) is 2.63. The van der Waals surface area contributed by atoms with E-state index < -0.39 is 0 Å². The highest BCUT2D eigenvalue weighted by Crippen LogP contribution is 2.11. The quantitative estimate of drug-likeness (QED) is 0.634. The van der Waals surface area contributed by atoms with Crippen molar-refractivity contribution in [3.63, 3.8) is 0 Å². The van der Waals surface area contributed by atoms with Crippen LogP contribution in [0.25, 0.3) is 0 Å². The lowest BCUT2D eigenvalue weighted by Gasteiger charge is -2.32. The van der Waals surface area contributed by atoms with E-state index in [0.29, 0.717) is 19.1 Å². The number of amides is 1. The van der Waals surface area contributed by atoms with Crippen LogP contribution < -0.4 is 10.6 Å². The first-order valence-electron chi connectivity index (χ1n) is 9.05. The van der Waals surface area contributed by atoms with E-state index in [1.807, 2.05) is 0 Å². The van der Waals surface area contributed by atoms with E-state index in [-0.39, 0.29) is 6.09 Å². The van der Waals surface area contributed by atoms with Gasteiger partial charge in [0.2, 0.25) is 0 Å². The average molecular weight is 346 g/mol. The fourth-order valence-corrected chi connectivity index (χ4v) is 2.90. The summed E-state index contributed by atoms with van der Waals surface area (Å²) in [5.74, 6) is 0.853. The van der Waals surface area contributed by atoms with E-state index in [0.717, 1.165) is 38.3 Å². The van der Waals surface area contributed by atoms with Gasteiger partial charge in [-0.15, -0.1) is 0 Å². The molecule has 2 rings (SSSR count). The number of hydrogen-bond donors (Lipinski definition) is 2. The topological polar surface area (TPSA) is 66.0 Å². The van der Waals surface area contributed by atoms with Crippen LogP contribution in [0.3, 0.4) is 0 Å². The van der Waals surface area contributed by atoms with E-state index in [9.17, 15) is 4.79 Å². The minimum absolute atomic E-state index is 0.239. The fraction of sp³-hybridized carbons (Fsp3) is 0.579. The van der Waals surface area contributed by atoms with Gasteiger partial charge in [-0.1, -0.05) is 29.8 Å². The number of benzene rings is 1. The zero-order valence-corrected chi connectivity index (χ0v) is 15.5. The second-order valence-electron chi connectivity index (χ2n) is 6.37. The number of aliphatic imine (C=N–C) groups is 1. The van der Waals surface area contributed by atoms with Gasteiger partial charge < -0.3 is 20.3 Å². The summed E-state index contributed by atoms with van der Waals surface area (Å²) in [5, 5.41) is 6.79. The largest absolute Gasteiger partial charge is 0.453 e. The van der Waals surface area contributed by atoms with Crippen LogP contribution in [0.1, 0.15) is 30.9 Å². The van der Waals surface area contributed by atoms with Crippen LogP contribution in [0.2, 0.25) is 0 Å². The third kappa shape index (κ3) is 6.29. The molecule has 1 fully saturated rings. The van der Waals surface area contributed by atoms with E-state index >= 15 is 0 Å². The summed E-state index contributed by atoms with van der Waals surface area (Å²) in [5.41, 5.74) is 2.58. The Balaban J connectivity index is 1.81. The predicted molar refractivity (Wildman–Crippen MR) is 101 cm³/mol. The number of piperidine rings is 1. The molecule has 1 saturated heterocycles. The number of likely N-dealkylation sites (tertiary alicyclic amines) is 1. The van der Waals surface area contributed by atoms with Crippen LogP contribution in [0.5, 0.6) is 0 Å². The SMILES string of the molecule is CCNC(=NCCc1ccc(C)cc1)NC1CCN(C(=O)OC)CC1. The summed E-state index contributed by atoms with van der Waals surface area (Å²) in [4.78, 5) is 18.0. The highest BCUT2D eigenvalue weighted by Gasteiger charge is 2.23. The van der Waals surface area contributed by atoms with Gasteiger partial charge in [0.1, 0.15) is 0 Å². The summed E-state index contributed by atoms with van der Waals surface area (Å²) < 4.78 is 4.78. The van der Waals surface area contributed by atoms with Crippen molar-refractivity contribution in [2.75, 3.05) is 33.3 Å². The molecular formula is C19H30N4O2. The van der Waals surface area contributed by atoms with Crippen LogP contribution in [-0.4, -0.2) is 56.3 Å². The molecule has 0 atom stereocenters. The van der Waals surface area contributed by atoms with Gasteiger partial charge in [0.05, 0.1) is 7.11 Å². The van der Waals surface area contributed by atoms with E-state index in [4.69, 9.17) is 4.74 Å². The van der Waals surface area contributed by atoms with Crippen molar-refractivity contribution in [1.29, 1.82) is 0 Å². The van der Waals surface area contributed by atoms with Crippen molar-refractivity contribution in [2.24, 2.45) is 4.99 Å². The molecule has 138 valence electrons. The lowest BCUT2D eigenvalue weighted by Crippen LogP contribution is -2.49. The van der Waals surface area contributed by atoms with Crippen molar-refractivity contribution in [3.8, 4) is 0 Å². The smallest absolute Gasteiger partial charge is 0.409 e.